The molecule has 2 aromatic carbocycles. The molecular formula is C20H20N4O6S. The molecule has 1 N–H and O–H groups in total. The van der Waals surface area contributed by atoms with Gasteiger partial charge in [0.25, 0.3) is 5.91 Å². The number of hydrogen-bond donors (Lipinski definition) is 1. The topological polar surface area (TPSA) is 124 Å². The highest BCUT2D eigenvalue weighted by Gasteiger charge is 2.19. The Balaban J connectivity index is 1.41. The normalized spacial score (nSPS) is 13.3. The van der Waals surface area contributed by atoms with E-state index in [-0.39, 0.29) is 16.5 Å². The van der Waals surface area contributed by atoms with E-state index in [1.807, 2.05) is 18.2 Å². The number of amides is 1. The van der Waals surface area contributed by atoms with Gasteiger partial charge in [-0.05, 0) is 42.0 Å². The van der Waals surface area contributed by atoms with Gasteiger partial charge in [-0.15, -0.1) is 5.10 Å². The van der Waals surface area contributed by atoms with Crippen LogP contribution in [0.3, 0.4) is 0 Å². The molecule has 1 aromatic heterocycles. The van der Waals surface area contributed by atoms with Gasteiger partial charge in [0.15, 0.2) is 11.5 Å². The van der Waals surface area contributed by atoms with E-state index in [2.05, 4.69) is 15.5 Å². The third-order valence-electron chi connectivity index (χ3n) is 4.54. The second-order valence-corrected chi connectivity index (χ2v) is 9.07. The molecule has 4 rings (SSSR count). The molecule has 0 saturated heterocycles. The summed E-state index contributed by atoms with van der Waals surface area (Å²) in [6, 6.07) is 11.1. The van der Waals surface area contributed by atoms with E-state index in [4.69, 9.17) is 13.9 Å². The second-order valence-electron chi connectivity index (χ2n) is 6.92. The van der Waals surface area contributed by atoms with Crippen molar-refractivity contribution in [3.05, 3.63) is 59.5 Å². The van der Waals surface area contributed by atoms with Crippen LogP contribution >= 0.6 is 0 Å². The average molecular weight is 444 g/mol. The maximum Gasteiger partial charge on any atom is 0.322 e. The summed E-state index contributed by atoms with van der Waals surface area (Å²) < 4.78 is 41.9. The van der Waals surface area contributed by atoms with E-state index in [0.29, 0.717) is 37.0 Å². The molecule has 0 saturated carbocycles. The quantitative estimate of drug-likeness (QED) is 0.612. The Morgan fingerprint density at radius 1 is 1.03 bits per heavy atom. The van der Waals surface area contributed by atoms with Gasteiger partial charge < -0.3 is 13.9 Å². The summed E-state index contributed by atoms with van der Waals surface area (Å²) in [5, 5.41) is 10.3. The van der Waals surface area contributed by atoms with Crippen LogP contribution in [-0.4, -0.2) is 56.1 Å². The van der Waals surface area contributed by atoms with Crippen LogP contribution in [0.25, 0.3) is 0 Å². The second kappa shape index (κ2) is 8.36. The average Bonchev–Trinajstić information content (AvgIpc) is 3.20. The van der Waals surface area contributed by atoms with Crippen LogP contribution in [0.4, 0.5) is 6.01 Å². The van der Waals surface area contributed by atoms with E-state index >= 15 is 0 Å². The molecule has 0 radical (unpaired) electrons. The monoisotopic (exact) mass is 444 g/mol. The number of nitrogens with one attached hydrogen (secondary N) is 1. The van der Waals surface area contributed by atoms with E-state index < -0.39 is 15.9 Å². The van der Waals surface area contributed by atoms with E-state index in [0.717, 1.165) is 9.87 Å². The van der Waals surface area contributed by atoms with Gasteiger partial charge in [0.05, 0.1) is 11.3 Å². The number of fused-ring (bicyclic) bond motifs is 1. The number of aromatic nitrogens is 2. The van der Waals surface area contributed by atoms with Crippen LogP contribution in [-0.2, 0) is 16.4 Å². The maximum atomic E-state index is 12.4. The summed E-state index contributed by atoms with van der Waals surface area (Å²) in [4.78, 5) is 12.5. The lowest BCUT2D eigenvalue weighted by atomic mass is 10.1. The molecular weight excluding hydrogens is 424 g/mol. The lowest BCUT2D eigenvalue weighted by Gasteiger charge is -2.18. The zero-order valence-electron chi connectivity index (χ0n) is 16.9. The fourth-order valence-electron chi connectivity index (χ4n) is 2.91. The Kier molecular flexibility index (Phi) is 5.61. The molecule has 10 nitrogen and oxygen atoms in total. The molecule has 31 heavy (non-hydrogen) atoms. The molecule has 0 atom stereocenters. The number of benzene rings is 2. The first-order chi connectivity index (χ1) is 14.8. The minimum atomic E-state index is -3.57. The van der Waals surface area contributed by atoms with Crippen molar-refractivity contribution in [2.45, 2.75) is 11.3 Å². The molecule has 0 spiro atoms. The van der Waals surface area contributed by atoms with Crippen LogP contribution < -0.4 is 14.8 Å². The minimum absolute atomic E-state index is 0.0532. The minimum Gasteiger partial charge on any atom is -0.486 e. The zero-order valence-corrected chi connectivity index (χ0v) is 17.7. The number of sulfonamides is 1. The lowest BCUT2D eigenvalue weighted by Crippen LogP contribution is -2.22. The van der Waals surface area contributed by atoms with Gasteiger partial charge in [-0.2, -0.15) is 0 Å². The molecule has 1 aliphatic rings. The summed E-state index contributed by atoms with van der Waals surface area (Å²) in [5.74, 6) is 1.18. The highest BCUT2D eigenvalue weighted by atomic mass is 32.2. The first-order valence-corrected chi connectivity index (χ1v) is 10.8. The van der Waals surface area contributed by atoms with Crippen molar-refractivity contribution in [3.8, 4) is 11.5 Å². The largest absolute Gasteiger partial charge is 0.486 e. The third kappa shape index (κ3) is 4.52. The number of hydrogen-bond acceptors (Lipinski definition) is 8. The molecule has 1 aliphatic heterocycles. The Morgan fingerprint density at radius 3 is 2.45 bits per heavy atom. The Bertz CT molecular complexity index is 1200. The van der Waals surface area contributed by atoms with Gasteiger partial charge in [-0.1, -0.05) is 11.2 Å². The van der Waals surface area contributed by atoms with Crippen molar-refractivity contribution in [3.63, 3.8) is 0 Å². The first-order valence-electron chi connectivity index (χ1n) is 9.38. The fourth-order valence-corrected chi connectivity index (χ4v) is 3.81. The number of ether oxygens (including phenoxy) is 2. The van der Waals surface area contributed by atoms with E-state index in [1.54, 1.807) is 0 Å². The number of rotatable bonds is 6. The molecule has 0 aliphatic carbocycles. The van der Waals surface area contributed by atoms with Crippen molar-refractivity contribution in [2.24, 2.45) is 0 Å². The van der Waals surface area contributed by atoms with Gasteiger partial charge in [-0.25, -0.2) is 12.7 Å². The molecule has 0 fully saturated rings. The number of anilines is 1. The number of carbonyl (C=O) groups is 1. The van der Waals surface area contributed by atoms with E-state index in [1.165, 1.54) is 38.4 Å². The van der Waals surface area contributed by atoms with Crippen LogP contribution in [0.1, 0.15) is 21.8 Å². The van der Waals surface area contributed by atoms with Crippen LogP contribution in [0.15, 0.2) is 51.8 Å². The predicted molar refractivity (Wildman–Crippen MR) is 110 cm³/mol. The summed E-state index contributed by atoms with van der Waals surface area (Å²) in [6.07, 6.45) is 0.358. The zero-order chi connectivity index (χ0) is 22.0. The molecule has 2 heterocycles. The van der Waals surface area contributed by atoms with Crippen LogP contribution in [0.2, 0.25) is 0 Å². The van der Waals surface area contributed by atoms with Crippen LogP contribution in [0.5, 0.6) is 11.5 Å². The van der Waals surface area contributed by atoms with Crippen LogP contribution in [0, 0.1) is 0 Å². The van der Waals surface area contributed by atoms with Crippen molar-refractivity contribution in [1.82, 2.24) is 14.5 Å². The van der Waals surface area contributed by atoms with E-state index in [9.17, 15) is 13.2 Å². The van der Waals surface area contributed by atoms with Crippen molar-refractivity contribution in [2.75, 3.05) is 32.6 Å². The summed E-state index contributed by atoms with van der Waals surface area (Å²) >= 11 is 0. The fraction of sp³-hybridized carbons (Fsp3) is 0.250. The van der Waals surface area contributed by atoms with Gasteiger partial charge in [-0.3, -0.25) is 10.1 Å². The SMILES string of the molecule is CN(C)S(=O)(=O)c1ccc(C(=O)Nc2nnc(Cc3ccc4c(c3)OCCO4)o2)cc1. The highest BCUT2D eigenvalue weighted by molar-refractivity contribution is 7.89. The predicted octanol–water partition coefficient (Wildman–Crippen LogP) is 1.93. The third-order valence-corrected chi connectivity index (χ3v) is 6.37. The molecule has 1 amide bonds. The summed E-state index contributed by atoms with van der Waals surface area (Å²) in [5.41, 5.74) is 1.15. The molecule has 11 heteroatoms. The summed E-state index contributed by atoms with van der Waals surface area (Å²) in [6.45, 7) is 1.02. The van der Waals surface area contributed by atoms with Gasteiger partial charge >= 0.3 is 6.01 Å². The summed E-state index contributed by atoms with van der Waals surface area (Å²) in [7, 11) is -0.689. The molecule has 3 aromatic rings. The van der Waals surface area contributed by atoms with Gasteiger partial charge in [0.1, 0.15) is 13.2 Å². The Hall–Kier alpha value is -3.44. The van der Waals surface area contributed by atoms with Crippen molar-refractivity contribution >= 4 is 21.9 Å². The van der Waals surface area contributed by atoms with Gasteiger partial charge in [0.2, 0.25) is 15.9 Å². The highest BCUT2D eigenvalue weighted by Crippen LogP contribution is 2.31. The van der Waals surface area contributed by atoms with Crippen molar-refractivity contribution in [1.29, 1.82) is 0 Å². The standard InChI is InChI=1S/C20H20N4O6S/c1-24(2)31(26,27)15-6-4-14(5-7-15)19(25)21-20-23-22-18(30-20)12-13-3-8-16-17(11-13)29-10-9-28-16/h3-8,11H,9-10,12H2,1-2H3,(H,21,23,25). The molecule has 0 unspecified atom stereocenters. The van der Waals surface area contributed by atoms with Gasteiger partial charge in [0, 0.05) is 19.7 Å². The Labute approximate surface area is 178 Å². The first kappa shape index (κ1) is 20.8. The van der Waals surface area contributed by atoms with Crippen molar-refractivity contribution < 1.29 is 27.1 Å². The Morgan fingerprint density at radius 2 is 1.74 bits per heavy atom. The number of carbonyl (C=O) groups excluding carboxylic acids is 1. The molecule has 162 valence electrons. The smallest absolute Gasteiger partial charge is 0.322 e. The maximum absolute atomic E-state index is 12.4. The lowest BCUT2D eigenvalue weighted by molar-refractivity contribution is 0.102. The molecule has 0 bridgehead atoms. The number of nitrogens with zero attached hydrogens (tertiary/aromatic N) is 3.